The first kappa shape index (κ1) is 21.7. The van der Waals surface area contributed by atoms with E-state index in [1.165, 1.54) is 17.6 Å². The number of hydrogen-bond donors (Lipinski definition) is 1. The summed E-state index contributed by atoms with van der Waals surface area (Å²) in [5.74, 6) is 0.0897. The number of nitrogens with zero attached hydrogens (tertiary/aromatic N) is 1. The second kappa shape index (κ2) is 10.7. The van der Waals surface area contributed by atoms with E-state index >= 15 is 0 Å². The van der Waals surface area contributed by atoms with Crippen LogP contribution in [0.1, 0.15) is 27.7 Å². The van der Waals surface area contributed by atoms with Crippen LogP contribution < -0.4 is 14.9 Å². The molecule has 3 aromatic rings. The third-order valence-electron chi connectivity index (χ3n) is 3.87. The molecule has 0 unspecified atom stereocenters. The maximum Gasteiger partial charge on any atom is 0.353 e. The molecule has 0 saturated carbocycles. The summed E-state index contributed by atoms with van der Waals surface area (Å²) in [4.78, 5) is 24.7. The Labute approximate surface area is 186 Å². The molecule has 0 radical (unpaired) electrons. The minimum absolute atomic E-state index is 0.222. The molecule has 0 atom stereocenters. The second-order valence-corrected chi connectivity index (χ2v) is 7.97. The van der Waals surface area contributed by atoms with Crippen molar-refractivity contribution in [3.8, 4) is 11.5 Å². The quantitative estimate of drug-likeness (QED) is 0.214. The number of ether oxygens (including phenoxy) is 2. The van der Waals surface area contributed by atoms with E-state index in [4.69, 9.17) is 9.47 Å². The fourth-order valence-electron chi connectivity index (χ4n) is 2.51. The maximum absolute atomic E-state index is 12.2. The van der Waals surface area contributed by atoms with Crippen LogP contribution in [0.4, 0.5) is 0 Å². The summed E-state index contributed by atoms with van der Waals surface area (Å²) in [6.07, 6.45) is 1.74. The Morgan fingerprint density at radius 2 is 1.93 bits per heavy atom. The van der Waals surface area contributed by atoms with Crippen LogP contribution in [0.3, 0.4) is 0 Å². The zero-order chi connectivity index (χ0) is 21.3. The van der Waals surface area contributed by atoms with Crippen LogP contribution in [-0.4, -0.2) is 24.7 Å². The smallest absolute Gasteiger partial charge is 0.353 e. The van der Waals surface area contributed by atoms with E-state index in [0.717, 1.165) is 10.0 Å². The van der Waals surface area contributed by atoms with Crippen molar-refractivity contribution in [2.75, 3.05) is 6.61 Å². The van der Waals surface area contributed by atoms with E-state index < -0.39 is 5.97 Å². The molecule has 0 fully saturated rings. The van der Waals surface area contributed by atoms with Gasteiger partial charge >= 0.3 is 5.97 Å². The Hall–Kier alpha value is -2.97. The lowest BCUT2D eigenvalue weighted by Gasteiger charge is -2.10. The number of benzene rings is 2. The topological polar surface area (TPSA) is 77.0 Å². The van der Waals surface area contributed by atoms with Crippen molar-refractivity contribution >= 4 is 45.4 Å². The molecule has 0 bridgehead atoms. The van der Waals surface area contributed by atoms with Gasteiger partial charge in [0.15, 0.2) is 11.5 Å². The van der Waals surface area contributed by atoms with Gasteiger partial charge in [-0.25, -0.2) is 10.2 Å². The summed E-state index contributed by atoms with van der Waals surface area (Å²) in [6, 6.07) is 16.1. The van der Waals surface area contributed by atoms with Crippen LogP contribution >= 0.6 is 27.3 Å². The lowest BCUT2D eigenvalue weighted by Crippen LogP contribution is -2.19. The molecule has 0 aliphatic carbocycles. The Balaban J connectivity index is 1.62. The molecule has 30 heavy (non-hydrogen) atoms. The Morgan fingerprint density at radius 1 is 1.13 bits per heavy atom. The molecule has 0 spiro atoms. The molecule has 2 aromatic carbocycles. The van der Waals surface area contributed by atoms with Crippen LogP contribution in [0.5, 0.6) is 11.5 Å². The van der Waals surface area contributed by atoms with Gasteiger partial charge in [0.05, 0.1) is 19.2 Å². The maximum atomic E-state index is 12.2. The number of thiophene rings is 1. The monoisotopic (exact) mass is 486 g/mol. The predicted octanol–water partition coefficient (Wildman–Crippen LogP) is 4.82. The summed E-state index contributed by atoms with van der Waals surface area (Å²) in [6.45, 7) is 2.25. The van der Waals surface area contributed by atoms with Gasteiger partial charge in [0.1, 0.15) is 4.88 Å². The highest BCUT2D eigenvalue weighted by molar-refractivity contribution is 9.10. The average Bonchev–Trinajstić information content (AvgIpc) is 3.27. The Kier molecular flexibility index (Phi) is 7.75. The summed E-state index contributed by atoms with van der Waals surface area (Å²) in [7, 11) is 0. The first-order chi connectivity index (χ1) is 14.5. The first-order valence-corrected chi connectivity index (χ1v) is 10.8. The van der Waals surface area contributed by atoms with Crippen molar-refractivity contribution in [1.82, 2.24) is 5.43 Å². The van der Waals surface area contributed by atoms with E-state index in [1.54, 1.807) is 30.3 Å². The van der Waals surface area contributed by atoms with E-state index in [1.807, 2.05) is 36.6 Å². The third kappa shape index (κ3) is 6.27. The SMILES string of the molecule is CCOc1cc(/C=N/NC(=O)Cc2ccc(Br)cc2)ccc1OC(=O)c1cccs1. The number of rotatable bonds is 8. The highest BCUT2D eigenvalue weighted by Crippen LogP contribution is 2.29. The number of carbonyl (C=O) groups is 2. The predicted molar refractivity (Wildman–Crippen MR) is 120 cm³/mol. The lowest BCUT2D eigenvalue weighted by atomic mass is 10.1. The number of carbonyl (C=O) groups excluding carboxylic acids is 2. The molecular formula is C22H19BrN2O4S. The third-order valence-corrected chi connectivity index (χ3v) is 5.25. The molecule has 0 aliphatic rings. The summed E-state index contributed by atoms with van der Waals surface area (Å²) in [5.41, 5.74) is 4.09. The largest absolute Gasteiger partial charge is 0.490 e. The molecule has 1 N–H and O–H groups in total. The van der Waals surface area contributed by atoms with Crippen LogP contribution in [0.15, 0.2) is 69.6 Å². The first-order valence-electron chi connectivity index (χ1n) is 9.14. The van der Waals surface area contributed by atoms with Gasteiger partial charge in [-0.05, 0) is 59.8 Å². The molecule has 1 amide bonds. The van der Waals surface area contributed by atoms with Crippen molar-refractivity contribution in [3.63, 3.8) is 0 Å². The van der Waals surface area contributed by atoms with Crippen LogP contribution in [-0.2, 0) is 11.2 Å². The van der Waals surface area contributed by atoms with Gasteiger partial charge in [0.25, 0.3) is 0 Å². The molecule has 6 nitrogen and oxygen atoms in total. The van der Waals surface area contributed by atoms with E-state index in [-0.39, 0.29) is 12.3 Å². The number of esters is 1. The van der Waals surface area contributed by atoms with Crippen LogP contribution in [0.25, 0.3) is 0 Å². The molecular weight excluding hydrogens is 468 g/mol. The van der Waals surface area contributed by atoms with Crippen LogP contribution in [0, 0.1) is 0 Å². The fourth-order valence-corrected chi connectivity index (χ4v) is 3.37. The fraction of sp³-hybridized carbons (Fsp3) is 0.136. The molecule has 0 aliphatic heterocycles. The van der Waals surface area contributed by atoms with Gasteiger partial charge in [-0.1, -0.05) is 34.1 Å². The van der Waals surface area contributed by atoms with Crippen molar-refractivity contribution in [1.29, 1.82) is 0 Å². The van der Waals surface area contributed by atoms with Crippen LogP contribution in [0.2, 0.25) is 0 Å². The average molecular weight is 487 g/mol. The molecule has 0 saturated heterocycles. The second-order valence-electron chi connectivity index (χ2n) is 6.10. The highest BCUT2D eigenvalue weighted by Gasteiger charge is 2.14. The van der Waals surface area contributed by atoms with Crippen molar-refractivity contribution < 1.29 is 19.1 Å². The van der Waals surface area contributed by atoms with Gasteiger partial charge in [-0.2, -0.15) is 5.10 Å². The van der Waals surface area contributed by atoms with Gasteiger partial charge in [-0.3, -0.25) is 4.79 Å². The number of hydrazone groups is 1. The molecule has 154 valence electrons. The summed E-state index contributed by atoms with van der Waals surface area (Å²) < 4.78 is 12.0. The molecule has 1 aromatic heterocycles. The Bertz CT molecular complexity index is 1030. The number of hydrogen-bond acceptors (Lipinski definition) is 6. The zero-order valence-electron chi connectivity index (χ0n) is 16.1. The molecule has 1 heterocycles. The van der Waals surface area contributed by atoms with Crippen molar-refractivity contribution in [2.45, 2.75) is 13.3 Å². The summed E-state index contributed by atoms with van der Waals surface area (Å²) in [5, 5.41) is 5.80. The zero-order valence-corrected chi connectivity index (χ0v) is 18.5. The highest BCUT2D eigenvalue weighted by atomic mass is 79.9. The number of halogens is 1. The minimum Gasteiger partial charge on any atom is -0.490 e. The van der Waals surface area contributed by atoms with Gasteiger partial charge < -0.3 is 9.47 Å². The van der Waals surface area contributed by atoms with E-state index in [2.05, 4.69) is 26.5 Å². The van der Waals surface area contributed by atoms with Gasteiger partial charge in [0, 0.05) is 4.47 Å². The molecule has 3 rings (SSSR count). The van der Waals surface area contributed by atoms with E-state index in [0.29, 0.717) is 28.5 Å². The van der Waals surface area contributed by atoms with Gasteiger partial charge in [-0.15, -0.1) is 11.3 Å². The summed E-state index contributed by atoms with van der Waals surface area (Å²) >= 11 is 4.67. The van der Waals surface area contributed by atoms with E-state index in [9.17, 15) is 9.59 Å². The lowest BCUT2D eigenvalue weighted by molar-refractivity contribution is -0.120. The van der Waals surface area contributed by atoms with Crippen molar-refractivity contribution in [2.24, 2.45) is 5.10 Å². The Morgan fingerprint density at radius 3 is 2.63 bits per heavy atom. The normalized spacial score (nSPS) is 10.7. The minimum atomic E-state index is -0.437. The molecule has 8 heteroatoms. The van der Waals surface area contributed by atoms with Crippen molar-refractivity contribution in [3.05, 3.63) is 80.5 Å². The standard InChI is InChI=1S/C22H19BrN2O4S/c1-2-28-19-12-16(7-10-18(19)29-22(27)20-4-3-11-30-20)14-24-25-21(26)13-15-5-8-17(23)9-6-15/h3-12,14H,2,13H2,1H3,(H,25,26)/b24-14+. The number of nitrogens with one attached hydrogen (secondary N) is 1. The van der Waals surface area contributed by atoms with Gasteiger partial charge in [0.2, 0.25) is 5.91 Å². The number of amides is 1.